The van der Waals surface area contributed by atoms with Crippen molar-refractivity contribution in [2.45, 2.75) is 18.8 Å². The van der Waals surface area contributed by atoms with Gasteiger partial charge in [-0.3, -0.25) is 4.79 Å². The number of rotatable bonds is 2. The molecule has 1 aromatic rings. The third kappa shape index (κ3) is 0.681. The summed E-state index contributed by atoms with van der Waals surface area (Å²) >= 11 is 0. The Labute approximate surface area is 60.1 Å². The van der Waals surface area contributed by atoms with Crippen LogP contribution in [-0.4, -0.2) is 14.1 Å². The normalized spacial score (nSPS) is 18.2. The summed E-state index contributed by atoms with van der Waals surface area (Å²) in [5.41, 5.74) is 2.40. The molecule has 0 amide bonds. The summed E-state index contributed by atoms with van der Waals surface area (Å²) in [6, 6.07) is 0. The van der Waals surface area contributed by atoms with E-state index < -0.39 is 0 Å². The Morgan fingerprint density at radius 2 is 2.00 bits per heavy atom. The van der Waals surface area contributed by atoms with Gasteiger partial charge in [-0.25, -0.2) is 0 Å². The van der Waals surface area contributed by atoms with Crippen molar-refractivity contribution in [2.24, 2.45) is 0 Å². The minimum Gasteiger partial charge on any atom is -0.374 e. The van der Waals surface area contributed by atoms with Crippen LogP contribution in [0.4, 0.5) is 5.69 Å². The van der Waals surface area contributed by atoms with Crippen LogP contribution in [0.1, 0.15) is 24.3 Å². The number of nitrogens with zero attached hydrogens (tertiary/aromatic N) is 1. The monoisotopic (exact) mass is 137 g/mol. The summed E-state index contributed by atoms with van der Waals surface area (Å²) in [6.07, 6.45) is 2.47. The number of hydrogen-bond acceptors (Lipinski definition) is 2. The zero-order valence-corrected chi connectivity index (χ0v) is 6.35. The Balaban J connectivity index is 2.20. The van der Waals surface area contributed by atoms with E-state index in [0.717, 1.165) is 11.3 Å². The lowest BCUT2D eigenvalue weighted by Gasteiger charge is -2.02. The predicted octanol–water partition coefficient (Wildman–Crippen LogP) is 0.866. The van der Waals surface area contributed by atoms with Crippen molar-refractivity contribution in [2.75, 3.05) is 19.0 Å². The van der Waals surface area contributed by atoms with Crippen LogP contribution < -0.4 is 10.3 Å². The van der Waals surface area contributed by atoms with Gasteiger partial charge in [-0.1, -0.05) is 0 Å². The lowest BCUT2D eigenvalue weighted by molar-refractivity contribution is 1.12. The van der Waals surface area contributed by atoms with Crippen molar-refractivity contribution in [3.05, 3.63) is 15.8 Å². The van der Waals surface area contributed by atoms with Crippen molar-refractivity contribution in [3.63, 3.8) is 0 Å². The van der Waals surface area contributed by atoms with Crippen LogP contribution in [0.15, 0.2) is 4.79 Å². The molecule has 0 radical (unpaired) electrons. The molecule has 1 fully saturated rings. The van der Waals surface area contributed by atoms with Crippen LogP contribution in [0.5, 0.6) is 0 Å². The molecule has 0 N–H and O–H groups in total. The van der Waals surface area contributed by atoms with E-state index in [-0.39, 0.29) is 0 Å². The topological polar surface area (TPSA) is 20.3 Å². The van der Waals surface area contributed by atoms with E-state index in [4.69, 9.17) is 0 Å². The maximum Gasteiger partial charge on any atom is 0.207 e. The standard InChI is InChI=1S/C8H11NO/c1-9(2)7-6(8(7)10)5-3-4-5/h5H,3-4H2,1-2H3. The summed E-state index contributed by atoms with van der Waals surface area (Å²) in [5.74, 6) is 0.643. The first-order valence-electron chi connectivity index (χ1n) is 3.68. The van der Waals surface area contributed by atoms with Gasteiger partial charge >= 0.3 is 0 Å². The average Bonchev–Trinajstić information content (AvgIpc) is 2.57. The molecule has 0 heterocycles. The first-order valence-corrected chi connectivity index (χ1v) is 3.68. The molecule has 0 atom stereocenters. The lowest BCUT2D eigenvalue weighted by Crippen LogP contribution is -2.06. The Hall–Kier alpha value is -0.790. The maximum absolute atomic E-state index is 11.0. The van der Waals surface area contributed by atoms with Gasteiger partial charge in [-0.05, 0) is 18.8 Å². The fourth-order valence-corrected chi connectivity index (χ4v) is 1.37. The van der Waals surface area contributed by atoms with E-state index in [9.17, 15) is 4.79 Å². The Morgan fingerprint density at radius 3 is 2.30 bits per heavy atom. The average molecular weight is 137 g/mol. The minimum absolute atomic E-state index is 0.313. The van der Waals surface area contributed by atoms with Crippen LogP contribution in [0.2, 0.25) is 0 Å². The van der Waals surface area contributed by atoms with Crippen molar-refractivity contribution in [1.82, 2.24) is 0 Å². The SMILES string of the molecule is CN(C)c1c(C2CC2)c1=O. The van der Waals surface area contributed by atoms with Crippen molar-refractivity contribution < 1.29 is 0 Å². The second-order valence-corrected chi connectivity index (χ2v) is 3.26. The van der Waals surface area contributed by atoms with Gasteiger partial charge in [-0.15, -0.1) is 0 Å². The lowest BCUT2D eigenvalue weighted by atomic mass is 10.3. The van der Waals surface area contributed by atoms with Crippen LogP contribution in [0, 0.1) is 0 Å². The van der Waals surface area contributed by atoms with E-state index in [0.29, 0.717) is 11.3 Å². The number of hydrogen-bond donors (Lipinski definition) is 0. The molecule has 1 saturated carbocycles. The quantitative estimate of drug-likeness (QED) is 0.602. The van der Waals surface area contributed by atoms with Crippen molar-refractivity contribution in [3.8, 4) is 0 Å². The zero-order chi connectivity index (χ0) is 7.30. The highest BCUT2D eigenvalue weighted by Gasteiger charge is 2.37. The summed E-state index contributed by atoms with van der Waals surface area (Å²) in [6.45, 7) is 0. The molecule has 0 saturated heterocycles. The highest BCUT2D eigenvalue weighted by molar-refractivity contribution is 5.67. The van der Waals surface area contributed by atoms with E-state index in [1.807, 2.05) is 19.0 Å². The molecule has 2 heteroatoms. The molecule has 1 aromatic carbocycles. The highest BCUT2D eigenvalue weighted by atomic mass is 16.1. The van der Waals surface area contributed by atoms with Gasteiger partial charge in [0.05, 0.1) is 5.69 Å². The molecular weight excluding hydrogens is 126 g/mol. The molecule has 10 heavy (non-hydrogen) atoms. The van der Waals surface area contributed by atoms with Crippen LogP contribution in [0.3, 0.4) is 0 Å². The molecule has 0 aromatic heterocycles. The fourth-order valence-electron chi connectivity index (χ4n) is 1.37. The summed E-state index contributed by atoms with van der Waals surface area (Å²) in [4.78, 5) is 13.0. The smallest absolute Gasteiger partial charge is 0.207 e. The van der Waals surface area contributed by atoms with E-state index in [2.05, 4.69) is 0 Å². The Kier molecular flexibility index (Phi) is 0.967. The Morgan fingerprint density at radius 1 is 1.40 bits per heavy atom. The van der Waals surface area contributed by atoms with Gasteiger partial charge in [0.25, 0.3) is 0 Å². The molecule has 0 spiro atoms. The maximum atomic E-state index is 11.0. The molecular formula is C8H11NO. The molecule has 0 bridgehead atoms. The molecule has 2 nitrogen and oxygen atoms in total. The molecule has 2 rings (SSSR count). The first kappa shape index (κ1) is 5.96. The van der Waals surface area contributed by atoms with Crippen LogP contribution in [-0.2, 0) is 0 Å². The van der Waals surface area contributed by atoms with Gasteiger partial charge in [0.15, 0.2) is 0 Å². The molecule has 1 aliphatic carbocycles. The van der Waals surface area contributed by atoms with Gasteiger partial charge in [-0.2, -0.15) is 0 Å². The third-order valence-corrected chi connectivity index (χ3v) is 2.09. The van der Waals surface area contributed by atoms with Crippen LogP contribution in [0.25, 0.3) is 0 Å². The third-order valence-electron chi connectivity index (χ3n) is 2.09. The van der Waals surface area contributed by atoms with E-state index in [1.165, 1.54) is 12.8 Å². The van der Waals surface area contributed by atoms with Crippen molar-refractivity contribution >= 4 is 5.69 Å². The summed E-state index contributed by atoms with van der Waals surface area (Å²) in [7, 11) is 3.87. The molecule has 54 valence electrons. The molecule has 0 aliphatic heterocycles. The van der Waals surface area contributed by atoms with Crippen molar-refractivity contribution in [1.29, 1.82) is 0 Å². The fraction of sp³-hybridized carbons (Fsp3) is 0.625. The van der Waals surface area contributed by atoms with Gasteiger partial charge in [0.2, 0.25) is 5.43 Å². The predicted molar refractivity (Wildman–Crippen MR) is 41.4 cm³/mol. The van der Waals surface area contributed by atoms with Crippen LogP contribution >= 0.6 is 0 Å². The second-order valence-electron chi connectivity index (χ2n) is 3.26. The van der Waals surface area contributed by atoms with Gasteiger partial charge in [0.1, 0.15) is 0 Å². The summed E-state index contributed by atoms with van der Waals surface area (Å²) in [5, 5.41) is 0. The molecule has 1 aliphatic rings. The first-order chi connectivity index (χ1) is 4.72. The van der Waals surface area contributed by atoms with E-state index >= 15 is 0 Å². The van der Waals surface area contributed by atoms with E-state index in [1.54, 1.807) is 0 Å². The van der Waals surface area contributed by atoms with Gasteiger partial charge in [0, 0.05) is 19.7 Å². The second kappa shape index (κ2) is 1.62. The number of anilines is 1. The minimum atomic E-state index is 0.313. The highest BCUT2D eigenvalue weighted by Crippen LogP contribution is 2.45. The molecule has 0 unspecified atom stereocenters. The largest absolute Gasteiger partial charge is 0.374 e. The zero-order valence-electron chi connectivity index (χ0n) is 6.35. The Bertz CT molecular complexity index is 247. The van der Waals surface area contributed by atoms with Gasteiger partial charge < -0.3 is 4.90 Å². The summed E-state index contributed by atoms with van der Waals surface area (Å²) < 4.78 is 0.